The molecule has 0 unspecified atom stereocenters. The Labute approximate surface area is 35.2 Å². The molecule has 4 heteroatoms. The van der Waals surface area contributed by atoms with Crippen LogP contribution in [0.4, 0.5) is 13.4 Å². The second kappa shape index (κ2) is 8.83. The summed E-state index contributed by atoms with van der Waals surface area (Å²) in [6.07, 6.45) is 0. The second-order valence-electron chi connectivity index (χ2n) is 0.192. The fourth-order valence-corrected chi connectivity index (χ4v) is 0. The van der Waals surface area contributed by atoms with E-state index in [0.29, 0.717) is 0 Å². The SMILES string of the molecule is C.FN(F)F.[C]. The molecule has 0 aromatic rings. The highest BCUT2D eigenvalue weighted by atomic mass is 19.5. The minimum absolute atomic E-state index is 0. The molecule has 0 N–H and O–H groups in total. The van der Waals surface area contributed by atoms with Crippen LogP contribution in [0.5, 0.6) is 0 Å². The summed E-state index contributed by atoms with van der Waals surface area (Å²) in [7, 11) is 0. The maximum Gasteiger partial charge on any atom is 0.199 e. The smallest absolute Gasteiger partial charge is 0.0776 e. The lowest BCUT2D eigenvalue weighted by Crippen LogP contribution is -1.72. The predicted octanol–water partition coefficient (Wildman–Crippen LogP) is 1.66. The van der Waals surface area contributed by atoms with E-state index in [1.165, 1.54) is 0 Å². The summed E-state index contributed by atoms with van der Waals surface area (Å²) in [6.45, 7) is 0. The quantitative estimate of drug-likeness (QED) is 0.417. The van der Waals surface area contributed by atoms with Gasteiger partial charge in [-0.25, -0.2) is 0 Å². The Balaban J connectivity index is -0.0000000450. The normalized spacial score (nSPS) is 6.00. The molecule has 38 valence electrons. The molecule has 0 rings (SSSR count). The number of halogens is 3. The monoisotopic (exact) mass is 99.0 g/mol. The molecule has 0 saturated heterocycles. The molecule has 0 aliphatic rings. The van der Waals surface area contributed by atoms with Crippen LogP contribution in [0, 0.1) is 7.43 Å². The van der Waals surface area contributed by atoms with E-state index in [1.54, 1.807) is 0 Å². The summed E-state index contributed by atoms with van der Waals surface area (Å²) < 4.78 is 28.5. The lowest BCUT2D eigenvalue weighted by atomic mass is 12.0. The molecule has 1 nitrogen and oxygen atoms in total. The van der Waals surface area contributed by atoms with E-state index in [0.717, 1.165) is 0 Å². The molecule has 6 heavy (non-hydrogen) atoms. The minimum atomic E-state index is -2.50. The van der Waals surface area contributed by atoms with Crippen molar-refractivity contribution < 1.29 is 13.4 Å². The van der Waals surface area contributed by atoms with Gasteiger partial charge >= 0.3 is 0 Å². The average molecular weight is 99.1 g/mol. The first-order chi connectivity index (χ1) is 1.73. The van der Waals surface area contributed by atoms with Crippen molar-refractivity contribution in [3.8, 4) is 0 Å². The zero-order valence-electron chi connectivity index (χ0n) is 2.08. The standard InChI is InChI=1S/CH4.C.F3N/c;;1-4(2)3/h1H4;;. The van der Waals surface area contributed by atoms with E-state index >= 15 is 0 Å². The lowest BCUT2D eigenvalue weighted by Gasteiger charge is -1.67. The third-order valence-corrected chi connectivity index (χ3v) is 0. The predicted molar refractivity (Wildman–Crippen MR) is 15.1 cm³/mol. The first-order valence-electron chi connectivity index (χ1n) is 0.507. The fourth-order valence-electron chi connectivity index (χ4n) is 0. The van der Waals surface area contributed by atoms with Gasteiger partial charge in [0.15, 0.2) is 5.57 Å². The Morgan fingerprint density at radius 3 is 1.00 bits per heavy atom. The van der Waals surface area contributed by atoms with Gasteiger partial charge in [0, 0.05) is 7.43 Å². The van der Waals surface area contributed by atoms with Gasteiger partial charge in [-0.15, -0.1) is 0 Å². The molecule has 0 saturated carbocycles. The molecule has 0 aromatic heterocycles. The summed E-state index contributed by atoms with van der Waals surface area (Å²) >= 11 is 0. The van der Waals surface area contributed by atoms with Crippen molar-refractivity contribution in [1.29, 1.82) is 0 Å². The summed E-state index contributed by atoms with van der Waals surface area (Å²) in [6, 6.07) is 0. The summed E-state index contributed by atoms with van der Waals surface area (Å²) in [5, 5.41) is 0. The van der Waals surface area contributed by atoms with Crippen molar-refractivity contribution in [2.75, 3.05) is 0 Å². The molecule has 0 spiro atoms. The van der Waals surface area contributed by atoms with Crippen LogP contribution >= 0.6 is 0 Å². The van der Waals surface area contributed by atoms with Crippen molar-refractivity contribution in [2.24, 2.45) is 0 Å². The number of hydrogen-bond acceptors (Lipinski definition) is 1. The number of rotatable bonds is 0. The zero-order chi connectivity index (χ0) is 3.58. The molecule has 0 aromatic carbocycles. The van der Waals surface area contributed by atoms with Crippen LogP contribution in [-0.4, -0.2) is 5.57 Å². The Morgan fingerprint density at radius 2 is 1.00 bits per heavy atom. The Morgan fingerprint density at radius 1 is 1.00 bits per heavy atom. The Bertz CT molecular complexity index is 13.5. The number of nitrogens with zero attached hydrogens (tertiary/aromatic N) is 1. The van der Waals surface area contributed by atoms with Gasteiger partial charge in [-0.05, 0) is 0 Å². The van der Waals surface area contributed by atoms with Crippen LogP contribution in [0.2, 0.25) is 0 Å². The molecule has 0 heterocycles. The van der Waals surface area contributed by atoms with Gasteiger partial charge in [-0.1, -0.05) is 20.9 Å². The number of hydrogen-bond donors (Lipinski definition) is 0. The lowest BCUT2D eigenvalue weighted by molar-refractivity contribution is -0.295. The molecule has 0 aliphatic carbocycles. The van der Waals surface area contributed by atoms with Crippen molar-refractivity contribution in [2.45, 2.75) is 7.43 Å². The molecule has 0 amide bonds. The van der Waals surface area contributed by atoms with Crippen molar-refractivity contribution in [3.05, 3.63) is 7.43 Å². The highest BCUT2D eigenvalue weighted by molar-refractivity contribution is 3.25. The summed E-state index contributed by atoms with van der Waals surface area (Å²) in [4.78, 5) is 0. The Hall–Kier alpha value is -0.250. The van der Waals surface area contributed by atoms with E-state index < -0.39 is 5.57 Å². The van der Waals surface area contributed by atoms with Crippen LogP contribution in [-0.2, 0) is 0 Å². The van der Waals surface area contributed by atoms with E-state index in [4.69, 9.17) is 0 Å². The van der Waals surface area contributed by atoms with Crippen LogP contribution in [0.25, 0.3) is 0 Å². The van der Waals surface area contributed by atoms with Crippen LogP contribution in [0.15, 0.2) is 0 Å². The largest absolute Gasteiger partial charge is 0.199 e. The minimum Gasteiger partial charge on any atom is -0.0776 e. The fraction of sp³-hybridized carbons (Fsp3) is 0.500. The van der Waals surface area contributed by atoms with Crippen LogP contribution in [0.3, 0.4) is 0 Å². The molecule has 0 fully saturated rings. The van der Waals surface area contributed by atoms with Crippen LogP contribution < -0.4 is 0 Å². The second-order valence-corrected chi connectivity index (χ2v) is 0.192. The van der Waals surface area contributed by atoms with Crippen molar-refractivity contribution >= 4 is 0 Å². The van der Waals surface area contributed by atoms with Gasteiger partial charge in [0.05, 0.1) is 0 Å². The van der Waals surface area contributed by atoms with Crippen molar-refractivity contribution in [3.63, 3.8) is 0 Å². The maximum atomic E-state index is 9.50. The van der Waals surface area contributed by atoms with E-state index in [1.807, 2.05) is 0 Å². The van der Waals surface area contributed by atoms with Gasteiger partial charge in [0.2, 0.25) is 0 Å². The average Bonchev–Trinajstić information content (AvgIpc) is 0.811. The van der Waals surface area contributed by atoms with Gasteiger partial charge in [0.25, 0.3) is 0 Å². The maximum absolute atomic E-state index is 9.50. The van der Waals surface area contributed by atoms with Gasteiger partial charge in [0.1, 0.15) is 0 Å². The summed E-state index contributed by atoms with van der Waals surface area (Å²) in [5.41, 5.74) is -2.50. The van der Waals surface area contributed by atoms with E-state index in [9.17, 15) is 13.4 Å². The first kappa shape index (κ1) is 17.2. The van der Waals surface area contributed by atoms with Gasteiger partial charge in [-0.3, -0.25) is 0 Å². The zero-order valence-corrected chi connectivity index (χ0v) is 2.08. The third-order valence-electron chi connectivity index (χ3n) is 0. The molecule has 4 radical (unpaired) electrons. The Kier molecular flexibility index (Phi) is 25.3. The van der Waals surface area contributed by atoms with Gasteiger partial charge < -0.3 is 0 Å². The van der Waals surface area contributed by atoms with E-state index in [-0.39, 0.29) is 14.9 Å². The van der Waals surface area contributed by atoms with E-state index in [2.05, 4.69) is 0 Å². The summed E-state index contributed by atoms with van der Waals surface area (Å²) in [5.74, 6) is 0. The molecule has 0 atom stereocenters. The molecular weight excluding hydrogens is 95.0 g/mol. The highest BCUT2D eigenvalue weighted by Crippen LogP contribution is 1.82. The van der Waals surface area contributed by atoms with Gasteiger partial charge in [-0.2, -0.15) is 0 Å². The van der Waals surface area contributed by atoms with Crippen molar-refractivity contribution in [1.82, 2.24) is 5.57 Å². The molecule has 0 bridgehead atoms. The third kappa shape index (κ3) is 454. The molecule has 0 aliphatic heterocycles. The molecular formula is C2H4F3N. The highest BCUT2D eigenvalue weighted by Gasteiger charge is 1.80. The topological polar surface area (TPSA) is 3.24 Å². The first-order valence-corrected chi connectivity index (χ1v) is 0.507. The van der Waals surface area contributed by atoms with Crippen LogP contribution in [0.1, 0.15) is 7.43 Å².